The highest BCUT2D eigenvalue weighted by atomic mass is 32.2. The maximum absolute atomic E-state index is 12.7. The van der Waals surface area contributed by atoms with Crippen LogP contribution in [-0.4, -0.2) is 20.4 Å². The normalized spacial score (nSPS) is 12.7. The van der Waals surface area contributed by atoms with Gasteiger partial charge in [0.25, 0.3) is 0 Å². The second-order valence-electron chi connectivity index (χ2n) is 6.66. The monoisotopic (exact) mass is 382 g/mol. The maximum atomic E-state index is 12.7. The zero-order valence-corrected chi connectivity index (χ0v) is 16.3. The number of aryl methyl sites for hydroxylation is 2. The van der Waals surface area contributed by atoms with Gasteiger partial charge in [-0.25, -0.2) is 8.42 Å². The van der Waals surface area contributed by atoms with Crippen molar-refractivity contribution < 1.29 is 13.2 Å². The van der Waals surface area contributed by atoms with Crippen molar-refractivity contribution in [2.24, 2.45) is 0 Å². The molecule has 0 aliphatic carbocycles. The van der Waals surface area contributed by atoms with E-state index in [9.17, 15) is 13.2 Å². The van der Waals surface area contributed by atoms with Gasteiger partial charge < -0.3 is 5.32 Å². The van der Waals surface area contributed by atoms with Gasteiger partial charge in [0.2, 0.25) is 15.9 Å². The predicted octanol–water partition coefficient (Wildman–Crippen LogP) is 3.76. The van der Waals surface area contributed by atoms with Crippen molar-refractivity contribution in [3.8, 4) is 0 Å². The molecule has 140 valence electrons. The summed E-state index contributed by atoms with van der Waals surface area (Å²) in [4.78, 5) is 12.6. The fraction of sp³-hybridized carbons (Fsp3) is 0.190. The lowest BCUT2D eigenvalue weighted by Crippen LogP contribution is -2.41. The van der Waals surface area contributed by atoms with E-state index >= 15 is 0 Å². The number of sulfonamides is 1. The average Bonchev–Trinajstić information content (AvgIpc) is 2.63. The lowest BCUT2D eigenvalue weighted by atomic mass is 10.1. The van der Waals surface area contributed by atoms with E-state index in [1.54, 1.807) is 18.2 Å². The molecule has 2 N–H and O–H groups in total. The molecule has 0 bridgehead atoms. The van der Waals surface area contributed by atoms with Crippen LogP contribution >= 0.6 is 0 Å². The molecular formula is C21H22N2O3S. The first-order valence-corrected chi connectivity index (χ1v) is 10.1. The first-order chi connectivity index (χ1) is 12.8. The number of nitrogens with one attached hydrogen (secondary N) is 2. The van der Waals surface area contributed by atoms with E-state index in [2.05, 4.69) is 10.0 Å². The van der Waals surface area contributed by atoms with Gasteiger partial charge in [0.05, 0.1) is 10.9 Å². The van der Waals surface area contributed by atoms with Gasteiger partial charge in [-0.15, -0.1) is 0 Å². The SMILES string of the molecule is Cc1ccc(NC(=O)[C@@H](C)NS(=O)(=O)c2ccc3ccccc3c2)c(C)c1. The minimum Gasteiger partial charge on any atom is -0.324 e. The van der Waals surface area contributed by atoms with Crippen molar-refractivity contribution in [3.63, 3.8) is 0 Å². The molecule has 3 aromatic carbocycles. The van der Waals surface area contributed by atoms with Crippen molar-refractivity contribution in [2.45, 2.75) is 31.7 Å². The third-order valence-electron chi connectivity index (χ3n) is 4.40. The van der Waals surface area contributed by atoms with E-state index in [1.807, 2.05) is 56.3 Å². The number of fused-ring (bicyclic) bond motifs is 1. The highest BCUT2D eigenvalue weighted by Gasteiger charge is 2.22. The van der Waals surface area contributed by atoms with Gasteiger partial charge >= 0.3 is 0 Å². The van der Waals surface area contributed by atoms with Gasteiger partial charge in [-0.1, -0.05) is 48.0 Å². The van der Waals surface area contributed by atoms with E-state index < -0.39 is 22.0 Å². The van der Waals surface area contributed by atoms with Gasteiger partial charge in [-0.05, 0) is 55.3 Å². The van der Waals surface area contributed by atoms with Crippen LogP contribution in [0.1, 0.15) is 18.1 Å². The van der Waals surface area contributed by atoms with E-state index in [0.717, 1.165) is 21.9 Å². The number of rotatable bonds is 5. The Balaban J connectivity index is 1.76. The third-order valence-corrected chi connectivity index (χ3v) is 5.93. The Morgan fingerprint density at radius 3 is 2.33 bits per heavy atom. The molecule has 1 atom stereocenters. The number of anilines is 1. The molecule has 0 saturated carbocycles. The molecule has 0 heterocycles. The number of carbonyl (C=O) groups excluding carboxylic acids is 1. The van der Waals surface area contributed by atoms with Crippen molar-refractivity contribution in [1.29, 1.82) is 0 Å². The zero-order valence-electron chi connectivity index (χ0n) is 15.5. The molecule has 0 aliphatic rings. The summed E-state index contributed by atoms with van der Waals surface area (Å²) in [5, 5.41) is 4.56. The fourth-order valence-electron chi connectivity index (χ4n) is 2.88. The van der Waals surface area contributed by atoms with Crippen molar-refractivity contribution in [3.05, 3.63) is 71.8 Å². The number of benzene rings is 3. The number of hydrogen-bond donors (Lipinski definition) is 2. The first-order valence-electron chi connectivity index (χ1n) is 8.65. The third kappa shape index (κ3) is 4.35. The van der Waals surface area contributed by atoms with Crippen LogP contribution in [0.2, 0.25) is 0 Å². The highest BCUT2D eigenvalue weighted by Crippen LogP contribution is 2.20. The van der Waals surface area contributed by atoms with E-state index in [-0.39, 0.29) is 4.90 Å². The largest absolute Gasteiger partial charge is 0.324 e. The van der Waals surface area contributed by atoms with Crippen LogP contribution in [0.4, 0.5) is 5.69 Å². The molecule has 27 heavy (non-hydrogen) atoms. The van der Waals surface area contributed by atoms with E-state index in [1.165, 1.54) is 6.92 Å². The number of carbonyl (C=O) groups is 1. The molecular weight excluding hydrogens is 360 g/mol. The van der Waals surface area contributed by atoms with Crippen LogP contribution in [0, 0.1) is 13.8 Å². The molecule has 1 amide bonds. The average molecular weight is 382 g/mol. The highest BCUT2D eigenvalue weighted by molar-refractivity contribution is 7.89. The van der Waals surface area contributed by atoms with Crippen LogP contribution < -0.4 is 10.0 Å². The maximum Gasteiger partial charge on any atom is 0.242 e. The lowest BCUT2D eigenvalue weighted by molar-refractivity contribution is -0.117. The molecule has 0 aliphatic heterocycles. The minimum absolute atomic E-state index is 0.132. The van der Waals surface area contributed by atoms with Crippen LogP contribution in [0.3, 0.4) is 0 Å². The number of amides is 1. The Kier molecular flexibility index (Phi) is 5.30. The summed E-state index contributed by atoms with van der Waals surface area (Å²) in [7, 11) is -3.82. The van der Waals surface area contributed by atoms with Crippen molar-refractivity contribution in [2.75, 3.05) is 5.32 Å². The molecule has 5 nitrogen and oxygen atoms in total. The Morgan fingerprint density at radius 2 is 1.63 bits per heavy atom. The summed E-state index contributed by atoms with van der Waals surface area (Å²) in [5.41, 5.74) is 2.69. The Labute approximate surface area is 159 Å². The summed E-state index contributed by atoms with van der Waals surface area (Å²) >= 11 is 0. The standard InChI is InChI=1S/C21H22N2O3S/c1-14-8-11-20(15(2)12-14)22-21(24)16(3)23-27(25,26)19-10-9-17-6-4-5-7-18(17)13-19/h4-13,16,23H,1-3H3,(H,22,24)/t16-/m1/s1. The van der Waals surface area contributed by atoms with Crippen LogP contribution in [0.5, 0.6) is 0 Å². The molecule has 3 aromatic rings. The topological polar surface area (TPSA) is 75.3 Å². The van der Waals surface area contributed by atoms with Crippen molar-refractivity contribution in [1.82, 2.24) is 4.72 Å². The van der Waals surface area contributed by atoms with Gasteiger partial charge in [0.1, 0.15) is 0 Å². The van der Waals surface area contributed by atoms with Crippen LogP contribution in [0.15, 0.2) is 65.6 Å². The number of hydrogen-bond acceptors (Lipinski definition) is 3. The molecule has 3 rings (SSSR count). The van der Waals surface area contributed by atoms with Gasteiger partial charge in [-0.3, -0.25) is 4.79 Å². The van der Waals surface area contributed by atoms with Crippen LogP contribution in [-0.2, 0) is 14.8 Å². The Bertz CT molecular complexity index is 1110. The first kappa shape index (κ1) is 19.1. The fourth-order valence-corrected chi connectivity index (χ4v) is 4.12. The summed E-state index contributed by atoms with van der Waals surface area (Å²) in [5.74, 6) is -0.411. The second-order valence-corrected chi connectivity index (χ2v) is 8.37. The minimum atomic E-state index is -3.82. The quantitative estimate of drug-likeness (QED) is 0.705. The molecule has 0 unspecified atom stereocenters. The zero-order chi connectivity index (χ0) is 19.6. The second kappa shape index (κ2) is 7.50. The van der Waals surface area contributed by atoms with Gasteiger partial charge in [0.15, 0.2) is 0 Å². The van der Waals surface area contributed by atoms with Crippen molar-refractivity contribution >= 4 is 32.4 Å². The lowest BCUT2D eigenvalue weighted by Gasteiger charge is -2.16. The molecule has 0 radical (unpaired) electrons. The van der Waals surface area contributed by atoms with Crippen LogP contribution in [0.25, 0.3) is 10.8 Å². The van der Waals surface area contributed by atoms with E-state index in [4.69, 9.17) is 0 Å². The molecule has 0 saturated heterocycles. The summed E-state index contributed by atoms with van der Waals surface area (Å²) in [6, 6.07) is 17.2. The summed E-state index contributed by atoms with van der Waals surface area (Å²) in [6.07, 6.45) is 0. The molecule has 0 fully saturated rings. The predicted molar refractivity (Wildman–Crippen MR) is 108 cm³/mol. The summed E-state index contributed by atoms with van der Waals surface area (Å²) in [6.45, 7) is 5.39. The smallest absolute Gasteiger partial charge is 0.242 e. The summed E-state index contributed by atoms with van der Waals surface area (Å²) < 4.78 is 27.8. The van der Waals surface area contributed by atoms with Gasteiger partial charge in [-0.2, -0.15) is 4.72 Å². The molecule has 0 aromatic heterocycles. The van der Waals surface area contributed by atoms with E-state index in [0.29, 0.717) is 5.69 Å². The molecule has 6 heteroatoms. The Morgan fingerprint density at radius 1 is 0.926 bits per heavy atom. The van der Waals surface area contributed by atoms with Gasteiger partial charge in [0, 0.05) is 5.69 Å². The Hall–Kier alpha value is -2.70. The molecule has 0 spiro atoms.